The number of esters is 1. The molecule has 1 rings (SSSR count). The van der Waals surface area contributed by atoms with E-state index in [1.54, 1.807) is 0 Å². The lowest BCUT2D eigenvalue weighted by atomic mass is 10.1. The highest BCUT2D eigenvalue weighted by Gasteiger charge is 2.39. The third kappa shape index (κ3) is 3.09. The van der Waals surface area contributed by atoms with Gasteiger partial charge in [-0.05, 0) is 6.07 Å². The SMILES string of the molecule is COC(=O)c1nc(C(F)(F)F)c(C(F)F)cc1OC. The van der Waals surface area contributed by atoms with Crippen LogP contribution >= 0.6 is 0 Å². The molecule has 1 heterocycles. The number of methoxy groups -OCH3 is 2. The standard InChI is InChI=1S/C10H8F5NO3/c1-18-5-3-4(8(11)12)7(10(13,14)15)16-6(5)9(17)19-2/h3,8H,1-2H3. The molecule has 0 amide bonds. The summed E-state index contributed by atoms with van der Waals surface area (Å²) in [6.07, 6.45) is -8.54. The summed E-state index contributed by atoms with van der Waals surface area (Å²) in [5, 5.41) is 0. The van der Waals surface area contributed by atoms with Crippen LogP contribution in [0.25, 0.3) is 0 Å². The Balaban J connectivity index is 3.57. The molecule has 106 valence electrons. The molecule has 0 unspecified atom stereocenters. The molecule has 0 saturated carbocycles. The fraction of sp³-hybridized carbons (Fsp3) is 0.400. The first kappa shape index (κ1) is 15.1. The number of pyridine rings is 1. The second-order valence-electron chi connectivity index (χ2n) is 3.27. The minimum absolute atomic E-state index is 0.423. The Hall–Kier alpha value is -1.93. The van der Waals surface area contributed by atoms with Gasteiger partial charge in [0.2, 0.25) is 0 Å². The van der Waals surface area contributed by atoms with E-state index in [0.29, 0.717) is 6.07 Å². The topological polar surface area (TPSA) is 48.4 Å². The molecular weight excluding hydrogens is 277 g/mol. The van der Waals surface area contributed by atoms with Crippen LogP contribution in [0.15, 0.2) is 6.07 Å². The monoisotopic (exact) mass is 285 g/mol. The minimum Gasteiger partial charge on any atom is -0.494 e. The number of hydrogen-bond donors (Lipinski definition) is 0. The second kappa shape index (κ2) is 5.37. The molecule has 0 aliphatic carbocycles. The lowest BCUT2D eigenvalue weighted by molar-refractivity contribution is -0.143. The average molecular weight is 285 g/mol. The van der Waals surface area contributed by atoms with Crippen molar-refractivity contribution < 1.29 is 36.2 Å². The largest absolute Gasteiger partial charge is 0.494 e. The van der Waals surface area contributed by atoms with Gasteiger partial charge < -0.3 is 9.47 Å². The Kier molecular flexibility index (Phi) is 4.28. The van der Waals surface area contributed by atoms with E-state index >= 15 is 0 Å². The molecule has 0 atom stereocenters. The smallest absolute Gasteiger partial charge is 0.433 e. The number of ether oxygens (including phenoxy) is 2. The van der Waals surface area contributed by atoms with Crippen LogP contribution in [0.3, 0.4) is 0 Å². The quantitative estimate of drug-likeness (QED) is 0.633. The van der Waals surface area contributed by atoms with Gasteiger partial charge in [0, 0.05) is 0 Å². The lowest BCUT2D eigenvalue weighted by Gasteiger charge is -2.14. The number of aromatic nitrogens is 1. The van der Waals surface area contributed by atoms with Crippen LogP contribution in [0.4, 0.5) is 22.0 Å². The Labute approximate surface area is 104 Å². The molecule has 0 bridgehead atoms. The molecule has 0 saturated heterocycles. The fourth-order valence-corrected chi connectivity index (χ4v) is 1.30. The van der Waals surface area contributed by atoms with Crippen LogP contribution in [-0.2, 0) is 10.9 Å². The number of carbonyl (C=O) groups is 1. The van der Waals surface area contributed by atoms with E-state index in [1.165, 1.54) is 0 Å². The maximum atomic E-state index is 12.6. The molecule has 4 nitrogen and oxygen atoms in total. The van der Waals surface area contributed by atoms with Gasteiger partial charge >= 0.3 is 12.1 Å². The van der Waals surface area contributed by atoms with Crippen molar-refractivity contribution in [1.29, 1.82) is 0 Å². The number of hydrogen-bond acceptors (Lipinski definition) is 4. The Morgan fingerprint density at radius 2 is 1.89 bits per heavy atom. The van der Waals surface area contributed by atoms with Gasteiger partial charge in [-0.3, -0.25) is 0 Å². The molecule has 1 aromatic heterocycles. The van der Waals surface area contributed by atoms with Crippen molar-refractivity contribution in [3.63, 3.8) is 0 Å². The van der Waals surface area contributed by atoms with Crippen LogP contribution in [0.2, 0.25) is 0 Å². The van der Waals surface area contributed by atoms with E-state index < -0.39 is 41.3 Å². The van der Waals surface area contributed by atoms with Gasteiger partial charge in [0.05, 0.1) is 19.8 Å². The molecule has 19 heavy (non-hydrogen) atoms. The van der Waals surface area contributed by atoms with Crippen molar-refractivity contribution >= 4 is 5.97 Å². The fourth-order valence-electron chi connectivity index (χ4n) is 1.30. The zero-order valence-corrected chi connectivity index (χ0v) is 9.72. The molecule has 9 heteroatoms. The molecule has 0 aliphatic rings. The zero-order valence-electron chi connectivity index (χ0n) is 9.72. The summed E-state index contributed by atoms with van der Waals surface area (Å²) < 4.78 is 71.7. The number of carbonyl (C=O) groups excluding carboxylic acids is 1. The zero-order chi connectivity index (χ0) is 14.8. The third-order valence-corrected chi connectivity index (χ3v) is 2.12. The summed E-state index contributed by atoms with van der Waals surface area (Å²) in [7, 11) is 1.92. The van der Waals surface area contributed by atoms with Crippen LogP contribution in [0, 0.1) is 0 Å². The summed E-state index contributed by atoms with van der Waals surface area (Å²) in [6.45, 7) is 0. The van der Waals surface area contributed by atoms with Gasteiger partial charge in [-0.15, -0.1) is 0 Å². The minimum atomic E-state index is -5.12. The van der Waals surface area contributed by atoms with Crippen LogP contribution in [-0.4, -0.2) is 25.2 Å². The first-order chi connectivity index (χ1) is 8.72. The van der Waals surface area contributed by atoms with E-state index in [4.69, 9.17) is 0 Å². The van der Waals surface area contributed by atoms with Crippen molar-refractivity contribution in [2.45, 2.75) is 12.6 Å². The molecular formula is C10H8F5NO3. The summed E-state index contributed by atoms with van der Waals surface area (Å²) in [5.41, 5.74) is -4.03. The van der Waals surface area contributed by atoms with E-state index in [0.717, 1.165) is 14.2 Å². The maximum Gasteiger partial charge on any atom is 0.433 e. The average Bonchev–Trinajstić information content (AvgIpc) is 2.34. The highest BCUT2D eigenvalue weighted by molar-refractivity contribution is 5.90. The van der Waals surface area contributed by atoms with E-state index in [9.17, 15) is 26.7 Å². The Morgan fingerprint density at radius 1 is 1.32 bits per heavy atom. The predicted molar refractivity (Wildman–Crippen MR) is 52.1 cm³/mol. The Bertz CT molecular complexity index is 487. The summed E-state index contributed by atoms with van der Waals surface area (Å²) in [6, 6.07) is 0.423. The second-order valence-corrected chi connectivity index (χ2v) is 3.27. The van der Waals surface area contributed by atoms with Gasteiger partial charge in [0.1, 0.15) is 0 Å². The summed E-state index contributed by atoms with van der Waals surface area (Å²) in [4.78, 5) is 14.1. The first-order valence-corrected chi connectivity index (χ1v) is 4.75. The summed E-state index contributed by atoms with van der Waals surface area (Å²) in [5.74, 6) is -1.74. The molecule has 0 fully saturated rings. The van der Waals surface area contributed by atoms with Crippen LogP contribution in [0.1, 0.15) is 28.2 Å². The van der Waals surface area contributed by atoms with Crippen molar-refractivity contribution in [3.05, 3.63) is 23.0 Å². The molecule has 0 aliphatic heterocycles. The molecule has 0 aromatic carbocycles. The molecule has 1 aromatic rings. The number of halogens is 5. The maximum absolute atomic E-state index is 12.6. The highest BCUT2D eigenvalue weighted by atomic mass is 19.4. The normalized spacial score (nSPS) is 11.6. The molecule has 0 spiro atoms. The predicted octanol–water partition coefficient (Wildman–Crippen LogP) is 2.83. The number of alkyl halides is 5. The molecule has 0 N–H and O–H groups in total. The van der Waals surface area contributed by atoms with Gasteiger partial charge in [-0.25, -0.2) is 18.6 Å². The van der Waals surface area contributed by atoms with Crippen LogP contribution in [0.5, 0.6) is 5.75 Å². The summed E-state index contributed by atoms with van der Waals surface area (Å²) >= 11 is 0. The lowest BCUT2D eigenvalue weighted by Crippen LogP contribution is -2.17. The number of nitrogens with zero attached hydrogens (tertiary/aromatic N) is 1. The van der Waals surface area contributed by atoms with Crippen molar-refractivity contribution in [2.24, 2.45) is 0 Å². The van der Waals surface area contributed by atoms with Crippen molar-refractivity contribution in [1.82, 2.24) is 4.98 Å². The van der Waals surface area contributed by atoms with Crippen LogP contribution < -0.4 is 4.74 Å². The van der Waals surface area contributed by atoms with Gasteiger partial charge in [0.15, 0.2) is 17.1 Å². The van der Waals surface area contributed by atoms with E-state index in [-0.39, 0.29) is 0 Å². The molecule has 0 radical (unpaired) electrons. The Morgan fingerprint density at radius 3 is 2.26 bits per heavy atom. The number of rotatable bonds is 3. The third-order valence-electron chi connectivity index (χ3n) is 2.12. The van der Waals surface area contributed by atoms with E-state index in [1.807, 2.05) is 0 Å². The first-order valence-electron chi connectivity index (χ1n) is 4.75. The van der Waals surface area contributed by atoms with E-state index in [2.05, 4.69) is 14.5 Å². The van der Waals surface area contributed by atoms with Crippen molar-refractivity contribution in [2.75, 3.05) is 14.2 Å². The van der Waals surface area contributed by atoms with Crippen molar-refractivity contribution in [3.8, 4) is 5.75 Å². The van der Waals surface area contributed by atoms with Gasteiger partial charge in [-0.2, -0.15) is 13.2 Å². The van der Waals surface area contributed by atoms with Gasteiger partial charge in [-0.1, -0.05) is 0 Å². The van der Waals surface area contributed by atoms with Gasteiger partial charge in [0.25, 0.3) is 6.43 Å². The highest BCUT2D eigenvalue weighted by Crippen LogP contribution is 2.37.